The van der Waals surface area contributed by atoms with E-state index in [9.17, 15) is 5.11 Å². The first kappa shape index (κ1) is 15.5. The van der Waals surface area contributed by atoms with Crippen molar-refractivity contribution in [2.45, 2.75) is 43.8 Å². The SMILES string of the molecule is CCC[C@@H](SCc1ccccc1)[C@@H](O)[C@@H](C)CO. The van der Waals surface area contributed by atoms with E-state index in [1.165, 1.54) is 5.56 Å². The predicted molar refractivity (Wildman–Crippen MR) is 78.7 cm³/mol. The second-order valence-corrected chi connectivity index (χ2v) is 6.00. The molecule has 0 saturated heterocycles. The maximum atomic E-state index is 10.2. The molecule has 0 aliphatic heterocycles. The molecule has 0 aliphatic carbocycles. The first-order valence-corrected chi connectivity index (χ1v) is 7.68. The fourth-order valence-corrected chi connectivity index (χ4v) is 3.36. The summed E-state index contributed by atoms with van der Waals surface area (Å²) >= 11 is 1.79. The maximum Gasteiger partial charge on any atom is 0.0706 e. The van der Waals surface area contributed by atoms with Crippen LogP contribution in [0, 0.1) is 5.92 Å². The molecular formula is C15H24O2S. The van der Waals surface area contributed by atoms with Crippen LogP contribution in [0.15, 0.2) is 30.3 Å². The summed E-state index contributed by atoms with van der Waals surface area (Å²) in [4.78, 5) is 0. The molecule has 0 unspecified atom stereocenters. The van der Waals surface area contributed by atoms with E-state index in [2.05, 4.69) is 19.1 Å². The van der Waals surface area contributed by atoms with Crippen molar-refractivity contribution in [1.82, 2.24) is 0 Å². The van der Waals surface area contributed by atoms with Gasteiger partial charge in [0.05, 0.1) is 6.10 Å². The van der Waals surface area contributed by atoms with E-state index in [0.29, 0.717) is 0 Å². The van der Waals surface area contributed by atoms with Crippen LogP contribution in [0.3, 0.4) is 0 Å². The van der Waals surface area contributed by atoms with E-state index in [-0.39, 0.29) is 17.8 Å². The molecule has 0 spiro atoms. The van der Waals surface area contributed by atoms with Gasteiger partial charge in [0.1, 0.15) is 0 Å². The standard InChI is InChI=1S/C15H24O2S/c1-3-7-14(15(17)12(2)10-16)18-11-13-8-5-4-6-9-13/h4-6,8-9,12,14-17H,3,7,10-11H2,1-2H3/t12-,14+,15-/m0/s1. The first-order chi connectivity index (χ1) is 8.69. The second kappa shape index (κ2) is 8.57. The van der Waals surface area contributed by atoms with Crippen LogP contribution in [0.1, 0.15) is 32.3 Å². The number of thioether (sulfide) groups is 1. The van der Waals surface area contributed by atoms with E-state index in [0.717, 1.165) is 18.6 Å². The Morgan fingerprint density at radius 3 is 2.44 bits per heavy atom. The maximum absolute atomic E-state index is 10.2. The van der Waals surface area contributed by atoms with E-state index < -0.39 is 6.10 Å². The van der Waals surface area contributed by atoms with Gasteiger partial charge in [0.25, 0.3) is 0 Å². The topological polar surface area (TPSA) is 40.5 Å². The van der Waals surface area contributed by atoms with Gasteiger partial charge >= 0.3 is 0 Å². The minimum Gasteiger partial charge on any atom is -0.396 e. The Hall–Kier alpha value is -0.510. The second-order valence-electron chi connectivity index (χ2n) is 4.77. The summed E-state index contributed by atoms with van der Waals surface area (Å²) in [5.74, 6) is 0.866. The molecule has 0 bridgehead atoms. The van der Waals surface area contributed by atoms with Crippen LogP contribution in [0.2, 0.25) is 0 Å². The third kappa shape index (κ3) is 5.01. The highest BCUT2D eigenvalue weighted by Gasteiger charge is 2.23. The lowest BCUT2D eigenvalue weighted by atomic mass is 10.0. The fourth-order valence-electron chi connectivity index (χ4n) is 1.89. The molecule has 0 aliphatic rings. The number of hydrogen-bond acceptors (Lipinski definition) is 3. The quantitative estimate of drug-likeness (QED) is 0.761. The minimum absolute atomic E-state index is 0.0489. The summed E-state index contributed by atoms with van der Waals surface area (Å²) in [6.45, 7) is 4.08. The zero-order valence-corrected chi connectivity index (χ0v) is 12.1. The Morgan fingerprint density at radius 2 is 1.89 bits per heavy atom. The average molecular weight is 268 g/mol. The van der Waals surface area contributed by atoms with E-state index >= 15 is 0 Å². The van der Waals surface area contributed by atoms with Gasteiger partial charge in [0.2, 0.25) is 0 Å². The van der Waals surface area contributed by atoms with Gasteiger partial charge in [-0.1, -0.05) is 50.6 Å². The third-order valence-electron chi connectivity index (χ3n) is 3.13. The van der Waals surface area contributed by atoms with E-state index in [4.69, 9.17) is 5.11 Å². The molecule has 0 fully saturated rings. The molecule has 3 atom stereocenters. The summed E-state index contributed by atoms with van der Waals surface area (Å²) in [5.41, 5.74) is 1.28. The highest BCUT2D eigenvalue weighted by molar-refractivity contribution is 7.99. The molecule has 0 saturated carbocycles. The van der Waals surface area contributed by atoms with Gasteiger partial charge < -0.3 is 10.2 Å². The summed E-state index contributed by atoms with van der Waals surface area (Å²) in [6.07, 6.45) is 1.62. The molecule has 102 valence electrons. The van der Waals surface area contributed by atoms with Crippen molar-refractivity contribution in [1.29, 1.82) is 0 Å². The Labute approximate surface area is 114 Å². The van der Waals surface area contributed by atoms with Crippen molar-refractivity contribution in [2.24, 2.45) is 5.92 Å². The average Bonchev–Trinajstić information content (AvgIpc) is 2.43. The molecule has 1 aromatic carbocycles. The van der Waals surface area contributed by atoms with Crippen LogP contribution in [0.5, 0.6) is 0 Å². The summed E-state index contributed by atoms with van der Waals surface area (Å²) in [5, 5.41) is 19.5. The normalized spacial score (nSPS) is 16.2. The predicted octanol–water partition coefficient (Wildman–Crippen LogP) is 3.08. The molecule has 1 rings (SSSR count). The molecule has 18 heavy (non-hydrogen) atoms. The van der Waals surface area contributed by atoms with Crippen molar-refractivity contribution < 1.29 is 10.2 Å². The van der Waals surface area contributed by atoms with Gasteiger partial charge in [0, 0.05) is 23.5 Å². The van der Waals surface area contributed by atoms with Gasteiger partial charge in [0.15, 0.2) is 0 Å². The highest BCUT2D eigenvalue weighted by Crippen LogP contribution is 2.27. The lowest BCUT2D eigenvalue weighted by Crippen LogP contribution is -2.32. The van der Waals surface area contributed by atoms with E-state index in [1.807, 2.05) is 25.1 Å². The van der Waals surface area contributed by atoms with Gasteiger partial charge in [-0.25, -0.2) is 0 Å². The molecule has 1 aromatic rings. The summed E-state index contributed by atoms with van der Waals surface area (Å²) < 4.78 is 0. The number of hydrogen-bond donors (Lipinski definition) is 2. The van der Waals surface area contributed by atoms with Gasteiger partial charge in [-0.05, 0) is 12.0 Å². The largest absolute Gasteiger partial charge is 0.396 e. The minimum atomic E-state index is -0.427. The number of benzene rings is 1. The third-order valence-corrected chi connectivity index (χ3v) is 4.57. The van der Waals surface area contributed by atoms with Crippen LogP contribution in [0.4, 0.5) is 0 Å². The van der Waals surface area contributed by atoms with Crippen molar-refractivity contribution in [3.8, 4) is 0 Å². The number of rotatable bonds is 8. The first-order valence-electron chi connectivity index (χ1n) is 6.63. The Balaban J connectivity index is 2.52. The van der Waals surface area contributed by atoms with E-state index in [1.54, 1.807) is 11.8 Å². The van der Waals surface area contributed by atoms with Crippen molar-refractivity contribution in [3.63, 3.8) is 0 Å². The zero-order valence-electron chi connectivity index (χ0n) is 11.2. The summed E-state index contributed by atoms with van der Waals surface area (Å²) in [7, 11) is 0. The smallest absolute Gasteiger partial charge is 0.0706 e. The van der Waals surface area contributed by atoms with Crippen molar-refractivity contribution in [3.05, 3.63) is 35.9 Å². The lowest BCUT2D eigenvalue weighted by molar-refractivity contribution is 0.0734. The summed E-state index contributed by atoms with van der Waals surface area (Å²) in [6, 6.07) is 10.3. The van der Waals surface area contributed by atoms with Gasteiger partial charge in [-0.15, -0.1) is 0 Å². The van der Waals surface area contributed by atoms with Crippen molar-refractivity contribution in [2.75, 3.05) is 6.61 Å². The van der Waals surface area contributed by atoms with Crippen LogP contribution in [-0.4, -0.2) is 28.2 Å². The fraction of sp³-hybridized carbons (Fsp3) is 0.600. The molecular weight excluding hydrogens is 244 g/mol. The number of aliphatic hydroxyl groups excluding tert-OH is 2. The van der Waals surface area contributed by atoms with Crippen LogP contribution < -0.4 is 0 Å². The monoisotopic (exact) mass is 268 g/mol. The Morgan fingerprint density at radius 1 is 1.22 bits per heavy atom. The molecule has 3 heteroatoms. The van der Waals surface area contributed by atoms with Gasteiger partial charge in [-0.3, -0.25) is 0 Å². The van der Waals surface area contributed by atoms with Crippen LogP contribution >= 0.6 is 11.8 Å². The van der Waals surface area contributed by atoms with Crippen molar-refractivity contribution >= 4 is 11.8 Å². The molecule has 0 heterocycles. The Bertz CT molecular complexity index is 316. The molecule has 0 amide bonds. The molecule has 0 aromatic heterocycles. The van der Waals surface area contributed by atoms with Crippen LogP contribution in [-0.2, 0) is 5.75 Å². The highest BCUT2D eigenvalue weighted by atomic mass is 32.2. The Kier molecular flexibility index (Phi) is 7.40. The van der Waals surface area contributed by atoms with Gasteiger partial charge in [-0.2, -0.15) is 11.8 Å². The zero-order chi connectivity index (χ0) is 13.4. The molecule has 0 radical (unpaired) electrons. The lowest BCUT2D eigenvalue weighted by Gasteiger charge is -2.26. The molecule has 2 nitrogen and oxygen atoms in total. The van der Waals surface area contributed by atoms with Crippen LogP contribution in [0.25, 0.3) is 0 Å². The number of aliphatic hydroxyl groups is 2. The molecule has 2 N–H and O–H groups in total.